The molecule has 0 aromatic rings. The first-order valence-electron chi connectivity index (χ1n) is 6.59. The summed E-state index contributed by atoms with van der Waals surface area (Å²) in [6.45, 7) is 1.45. The number of hydrogen-bond donors (Lipinski definition) is 2. The van der Waals surface area contributed by atoms with Crippen LogP contribution in [-0.2, 0) is 14.4 Å². The topological polar surface area (TPSA) is 73.6 Å². The average molecular weight is 244 g/mol. The van der Waals surface area contributed by atoms with Gasteiger partial charge in [0.25, 0.3) is 0 Å². The van der Waals surface area contributed by atoms with Crippen LogP contribution in [0.1, 0.15) is 51.4 Å². The molecule has 100 valence electrons. The molecule has 3 N–H and O–H groups in total. The minimum absolute atomic E-state index is 0.0630. The lowest BCUT2D eigenvalue weighted by atomic mass is 10.1. The Bertz CT molecular complexity index is 206. The molecule has 0 aromatic heterocycles. The lowest BCUT2D eigenvalue weighted by molar-refractivity contribution is -0.200. The van der Waals surface area contributed by atoms with Crippen molar-refractivity contribution in [2.75, 3.05) is 13.2 Å². The number of hydrogen-bond acceptors (Lipinski definition) is 4. The van der Waals surface area contributed by atoms with Crippen molar-refractivity contribution in [3.05, 3.63) is 0 Å². The van der Waals surface area contributed by atoms with Gasteiger partial charge in [-0.05, 0) is 32.2 Å². The number of ether oxygens (including phenoxy) is 1. The van der Waals surface area contributed by atoms with Crippen LogP contribution in [0.15, 0.2) is 0 Å². The number of carbonyl (C=O) groups is 1. The molecule has 0 saturated carbocycles. The Kier molecular flexibility index (Phi) is 7.96. The van der Waals surface area contributed by atoms with E-state index in [0.29, 0.717) is 6.42 Å². The molecule has 1 unspecified atom stereocenters. The fourth-order valence-corrected chi connectivity index (χ4v) is 1.77. The van der Waals surface area contributed by atoms with Crippen molar-refractivity contribution in [1.29, 1.82) is 0 Å². The summed E-state index contributed by atoms with van der Waals surface area (Å²) in [7, 11) is 0. The molecule has 1 amide bonds. The standard InChI is InChI=1S/C12H24N2O3/c13-9-5-2-1-3-7-11(15)14-17-12-8-4-6-10-16-12/h12H,1-10,13H2,(H,14,15). The van der Waals surface area contributed by atoms with Crippen molar-refractivity contribution in [3.8, 4) is 0 Å². The van der Waals surface area contributed by atoms with Crippen molar-refractivity contribution < 1.29 is 14.4 Å². The van der Waals surface area contributed by atoms with Crippen LogP contribution in [0.5, 0.6) is 0 Å². The summed E-state index contributed by atoms with van der Waals surface area (Å²) in [6.07, 6.45) is 7.35. The molecule has 1 saturated heterocycles. The van der Waals surface area contributed by atoms with E-state index < -0.39 is 0 Å². The first-order chi connectivity index (χ1) is 8.33. The fraction of sp³-hybridized carbons (Fsp3) is 0.917. The van der Waals surface area contributed by atoms with Crippen molar-refractivity contribution >= 4 is 5.91 Å². The quantitative estimate of drug-likeness (QED) is 0.501. The molecule has 17 heavy (non-hydrogen) atoms. The number of unbranched alkanes of at least 4 members (excludes halogenated alkanes) is 3. The molecule has 5 heteroatoms. The van der Waals surface area contributed by atoms with E-state index in [-0.39, 0.29) is 12.2 Å². The minimum atomic E-state index is -0.259. The summed E-state index contributed by atoms with van der Waals surface area (Å²) in [5, 5.41) is 0. The van der Waals surface area contributed by atoms with E-state index in [1.54, 1.807) is 0 Å². The first-order valence-corrected chi connectivity index (χ1v) is 6.59. The van der Waals surface area contributed by atoms with E-state index in [4.69, 9.17) is 15.3 Å². The Labute approximate surface area is 103 Å². The Balaban J connectivity index is 1.93. The van der Waals surface area contributed by atoms with Gasteiger partial charge in [0, 0.05) is 19.4 Å². The lowest BCUT2D eigenvalue weighted by Crippen LogP contribution is -2.32. The van der Waals surface area contributed by atoms with Crippen molar-refractivity contribution in [2.45, 2.75) is 57.7 Å². The highest BCUT2D eigenvalue weighted by molar-refractivity contribution is 5.74. The van der Waals surface area contributed by atoms with Gasteiger partial charge in [-0.2, -0.15) is 0 Å². The maximum atomic E-state index is 11.4. The number of hydroxylamine groups is 1. The Morgan fingerprint density at radius 1 is 1.29 bits per heavy atom. The van der Waals surface area contributed by atoms with Gasteiger partial charge < -0.3 is 10.5 Å². The van der Waals surface area contributed by atoms with Crippen LogP contribution in [-0.4, -0.2) is 25.3 Å². The maximum absolute atomic E-state index is 11.4. The number of nitrogens with two attached hydrogens (primary N) is 1. The molecule has 0 radical (unpaired) electrons. The number of carbonyl (C=O) groups excluding carboxylic acids is 1. The SMILES string of the molecule is NCCCCCCC(=O)NOC1CCCCO1. The average Bonchev–Trinajstić information content (AvgIpc) is 2.37. The van der Waals surface area contributed by atoms with E-state index in [0.717, 1.165) is 58.1 Å². The third-order valence-corrected chi connectivity index (χ3v) is 2.80. The molecule has 1 heterocycles. The van der Waals surface area contributed by atoms with Crippen LogP contribution in [0, 0.1) is 0 Å². The van der Waals surface area contributed by atoms with E-state index in [9.17, 15) is 4.79 Å². The molecule has 0 aromatic carbocycles. The zero-order chi connectivity index (χ0) is 12.3. The summed E-state index contributed by atoms with van der Waals surface area (Å²) in [5.74, 6) is -0.0630. The highest BCUT2D eigenvalue weighted by atomic mass is 16.8. The molecule has 1 atom stereocenters. The first kappa shape index (κ1) is 14.4. The van der Waals surface area contributed by atoms with Crippen molar-refractivity contribution in [1.82, 2.24) is 5.48 Å². The highest BCUT2D eigenvalue weighted by Gasteiger charge is 2.15. The zero-order valence-electron chi connectivity index (χ0n) is 10.5. The van der Waals surface area contributed by atoms with Crippen LogP contribution in [0.2, 0.25) is 0 Å². The van der Waals surface area contributed by atoms with E-state index >= 15 is 0 Å². The van der Waals surface area contributed by atoms with Gasteiger partial charge in [0.15, 0.2) is 6.29 Å². The molecule has 5 nitrogen and oxygen atoms in total. The zero-order valence-corrected chi connectivity index (χ0v) is 10.5. The van der Waals surface area contributed by atoms with Gasteiger partial charge in [-0.3, -0.25) is 4.79 Å². The monoisotopic (exact) mass is 244 g/mol. The van der Waals surface area contributed by atoms with E-state index in [2.05, 4.69) is 5.48 Å². The Morgan fingerprint density at radius 2 is 2.12 bits per heavy atom. The van der Waals surface area contributed by atoms with Gasteiger partial charge in [-0.1, -0.05) is 12.8 Å². The second kappa shape index (κ2) is 9.39. The molecular formula is C12H24N2O3. The van der Waals surface area contributed by atoms with Gasteiger partial charge in [0.2, 0.25) is 5.91 Å². The van der Waals surface area contributed by atoms with Gasteiger partial charge in [0.1, 0.15) is 0 Å². The maximum Gasteiger partial charge on any atom is 0.243 e. The predicted octanol–water partition coefficient (Wildman–Crippen LogP) is 1.47. The molecule has 0 bridgehead atoms. The van der Waals surface area contributed by atoms with Crippen LogP contribution in [0.3, 0.4) is 0 Å². The third-order valence-electron chi connectivity index (χ3n) is 2.80. The van der Waals surface area contributed by atoms with Gasteiger partial charge in [-0.15, -0.1) is 0 Å². The third kappa shape index (κ3) is 7.31. The smallest absolute Gasteiger partial charge is 0.243 e. The lowest BCUT2D eigenvalue weighted by Gasteiger charge is -2.22. The number of amides is 1. The van der Waals surface area contributed by atoms with Crippen molar-refractivity contribution in [2.24, 2.45) is 5.73 Å². The van der Waals surface area contributed by atoms with Crippen LogP contribution in [0.25, 0.3) is 0 Å². The summed E-state index contributed by atoms with van der Waals surface area (Å²) in [5.41, 5.74) is 7.84. The minimum Gasteiger partial charge on any atom is -0.350 e. The Morgan fingerprint density at radius 3 is 2.82 bits per heavy atom. The second-order valence-corrected chi connectivity index (χ2v) is 4.39. The number of rotatable bonds is 8. The normalized spacial score (nSPS) is 20.2. The van der Waals surface area contributed by atoms with E-state index in [1.165, 1.54) is 0 Å². The van der Waals surface area contributed by atoms with Crippen molar-refractivity contribution in [3.63, 3.8) is 0 Å². The summed E-state index contributed by atoms with van der Waals surface area (Å²) < 4.78 is 5.34. The predicted molar refractivity (Wildman–Crippen MR) is 65.0 cm³/mol. The van der Waals surface area contributed by atoms with Crippen LogP contribution < -0.4 is 11.2 Å². The summed E-state index contributed by atoms with van der Waals surface area (Å²) in [6, 6.07) is 0. The molecule has 0 aliphatic carbocycles. The second-order valence-electron chi connectivity index (χ2n) is 4.39. The largest absolute Gasteiger partial charge is 0.350 e. The Hall–Kier alpha value is -0.650. The fourth-order valence-electron chi connectivity index (χ4n) is 1.77. The molecular weight excluding hydrogens is 220 g/mol. The molecule has 1 aliphatic rings. The number of nitrogens with one attached hydrogen (secondary N) is 1. The highest BCUT2D eigenvalue weighted by Crippen LogP contribution is 2.12. The summed E-state index contributed by atoms with van der Waals surface area (Å²) >= 11 is 0. The van der Waals surface area contributed by atoms with Gasteiger partial charge in [0.05, 0.1) is 0 Å². The van der Waals surface area contributed by atoms with Crippen LogP contribution in [0.4, 0.5) is 0 Å². The summed E-state index contributed by atoms with van der Waals surface area (Å²) in [4.78, 5) is 16.6. The molecule has 1 aliphatic heterocycles. The molecule has 0 spiro atoms. The molecule has 1 rings (SSSR count). The van der Waals surface area contributed by atoms with E-state index in [1.807, 2.05) is 0 Å². The molecule has 1 fully saturated rings. The van der Waals surface area contributed by atoms with Gasteiger partial charge >= 0.3 is 0 Å². The van der Waals surface area contributed by atoms with Gasteiger partial charge in [-0.25, -0.2) is 10.3 Å². The van der Waals surface area contributed by atoms with Crippen LogP contribution >= 0.6 is 0 Å².